The van der Waals surface area contributed by atoms with Crippen molar-refractivity contribution in [2.45, 2.75) is 32.8 Å². The Morgan fingerprint density at radius 1 is 1.56 bits per heavy atom. The molecule has 1 aromatic rings. The van der Waals surface area contributed by atoms with Crippen molar-refractivity contribution in [1.29, 1.82) is 0 Å². The van der Waals surface area contributed by atoms with Gasteiger partial charge in [0.25, 0.3) is 0 Å². The van der Waals surface area contributed by atoms with Gasteiger partial charge < -0.3 is 9.84 Å². The highest BCUT2D eigenvalue weighted by molar-refractivity contribution is 9.10. The smallest absolute Gasteiger partial charge is 0.0829 e. The van der Waals surface area contributed by atoms with E-state index in [1.807, 2.05) is 20.9 Å². The second kappa shape index (κ2) is 6.37. The first-order valence-electron chi connectivity index (χ1n) is 5.50. The molecule has 1 N–H and O–H groups in total. The number of rotatable bonds is 6. The fourth-order valence-electron chi connectivity index (χ4n) is 1.55. The summed E-state index contributed by atoms with van der Waals surface area (Å²) in [6, 6.07) is 0. The molecule has 1 heterocycles. The molecule has 0 spiro atoms. The molecule has 0 fully saturated rings. The monoisotopic (exact) mass is 290 g/mol. The molecule has 0 radical (unpaired) electrons. The molecule has 1 unspecified atom stereocenters. The predicted molar refractivity (Wildman–Crippen MR) is 66.5 cm³/mol. The number of aliphatic hydroxyl groups is 1. The first-order valence-corrected chi connectivity index (χ1v) is 6.29. The highest BCUT2D eigenvalue weighted by atomic mass is 79.9. The fraction of sp³-hybridized carbons (Fsp3) is 0.727. The molecule has 4 nitrogen and oxygen atoms in total. The van der Waals surface area contributed by atoms with Gasteiger partial charge >= 0.3 is 0 Å². The number of aryl methyl sites for hydroxylation is 2. The first-order chi connectivity index (χ1) is 7.56. The van der Waals surface area contributed by atoms with Gasteiger partial charge in [-0.05, 0) is 29.3 Å². The molecule has 0 amide bonds. The van der Waals surface area contributed by atoms with Crippen LogP contribution in [0.3, 0.4) is 0 Å². The van der Waals surface area contributed by atoms with E-state index in [1.54, 1.807) is 4.68 Å². The van der Waals surface area contributed by atoms with E-state index < -0.39 is 6.10 Å². The van der Waals surface area contributed by atoms with Gasteiger partial charge in [0.15, 0.2) is 0 Å². The minimum absolute atomic E-state index is 0.379. The van der Waals surface area contributed by atoms with Crippen LogP contribution in [0.1, 0.15) is 24.7 Å². The number of halogens is 1. The lowest BCUT2D eigenvalue weighted by Crippen LogP contribution is -2.20. The lowest BCUT2D eigenvalue weighted by Gasteiger charge is -2.11. The van der Waals surface area contributed by atoms with Gasteiger partial charge in [-0.25, -0.2) is 0 Å². The van der Waals surface area contributed by atoms with E-state index in [0.29, 0.717) is 19.6 Å². The van der Waals surface area contributed by atoms with Gasteiger partial charge in [0.1, 0.15) is 0 Å². The molecule has 0 saturated heterocycles. The topological polar surface area (TPSA) is 47.3 Å². The Morgan fingerprint density at radius 2 is 2.25 bits per heavy atom. The quantitative estimate of drug-likeness (QED) is 0.813. The number of ether oxygens (including phenoxy) is 1. The van der Waals surface area contributed by atoms with Gasteiger partial charge in [0.2, 0.25) is 0 Å². The van der Waals surface area contributed by atoms with E-state index in [4.69, 9.17) is 4.74 Å². The van der Waals surface area contributed by atoms with E-state index in [9.17, 15) is 5.11 Å². The molecule has 0 bridgehead atoms. The lowest BCUT2D eigenvalue weighted by molar-refractivity contribution is 0.0364. The highest BCUT2D eigenvalue weighted by Crippen LogP contribution is 2.21. The average Bonchev–Trinajstić information content (AvgIpc) is 2.46. The Hall–Kier alpha value is -0.390. The maximum Gasteiger partial charge on any atom is 0.0829 e. The zero-order valence-corrected chi connectivity index (χ0v) is 11.6. The summed E-state index contributed by atoms with van der Waals surface area (Å²) in [5.74, 6) is 0. The van der Waals surface area contributed by atoms with Crippen molar-refractivity contribution in [2.75, 3.05) is 13.2 Å². The van der Waals surface area contributed by atoms with Crippen molar-refractivity contribution in [3.63, 3.8) is 0 Å². The average molecular weight is 291 g/mol. The summed E-state index contributed by atoms with van der Waals surface area (Å²) in [5.41, 5.74) is 1.95. The van der Waals surface area contributed by atoms with Crippen LogP contribution in [-0.2, 0) is 18.2 Å². The van der Waals surface area contributed by atoms with Gasteiger partial charge in [-0.3, -0.25) is 4.68 Å². The summed E-state index contributed by atoms with van der Waals surface area (Å²) in [6.45, 7) is 5.06. The molecule has 5 heteroatoms. The maximum absolute atomic E-state index is 9.80. The molecule has 1 rings (SSSR count). The molecular weight excluding hydrogens is 272 g/mol. The van der Waals surface area contributed by atoms with Crippen LogP contribution < -0.4 is 0 Å². The van der Waals surface area contributed by atoms with Crippen LogP contribution in [0.4, 0.5) is 0 Å². The Kier molecular flexibility index (Phi) is 5.44. The number of aliphatic hydroxyl groups excluding tert-OH is 1. The summed E-state index contributed by atoms with van der Waals surface area (Å²) in [7, 11) is 1.88. The van der Waals surface area contributed by atoms with Crippen LogP contribution in [0.2, 0.25) is 0 Å². The second-order valence-corrected chi connectivity index (χ2v) is 4.70. The molecule has 1 atom stereocenters. The van der Waals surface area contributed by atoms with E-state index >= 15 is 0 Å². The first kappa shape index (κ1) is 13.7. The number of hydrogen-bond donors (Lipinski definition) is 1. The summed E-state index contributed by atoms with van der Waals surface area (Å²) in [6.07, 6.45) is 1.06. The van der Waals surface area contributed by atoms with Crippen LogP contribution >= 0.6 is 15.9 Å². The van der Waals surface area contributed by atoms with Gasteiger partial charge in [-0.15, -0.1) is 0 Å². The Labute approximate surface area is 105 Å². The molecule has 0 aliphatic heterocycles. The van der Waals surface area contributed by atoms with Crippen LogP contribution in [0.5, 0.6) is 0 Å². The largest absolute Gasteiger partial charge is 0.390 e. The minimum Gasteiger partial charge on any atom is -0.390 e. The van der Waals surface area contributed by atoms with Gasteiger partial charge in [-0.2, -0.15) is 5.10 Å². The predicted octanol–water partition coefficient (Wildman–Crippen LogP) is 1.82. The number of aromatic nitrogens is 2. The zero-order valence-electron chi connectivity index (χ0n) is 10.0. The van der Waals surface area contributed by atoms with Crippen LogP contribution in [-0.4, -0.2) is 34.2 Å². The SMILES string of the molecule is CCCOCC(O)Cc1c(Br)c(C)nn1C. The highest BCUT2D eigenvalue weighted by Gasteiger charge is 2.14. The van der Waals surface area contributed by atoms with Crippen molar-refractivity contribution in [1.82, 2.24) is 9.78 Å². The third-order valence-corrected chi connectivity index (χ3v) is 3.38. The molecule has 0 aromatic carbocycles. The van der Waals surface area contributed by atoms with Gasteiger partial charge in [0.05, 0.1) is 28.6 Å². The third kappa shape index (κ3) is 3.57. The van der Waals surface area contributed by atoms with E-state index in [2.05, 4.69) is 21.0 Å². The maximum atomic E-state index is 9.80. The van der Waals surface area contributed by atoms with Crippen molar-refractivity contribution >= 4 is 15.9 Å². The Bertz CT molecular complexity index is 339. The molecule has 92 valence electrons. The molecule has 16 heavy (non-hydrogen) atoms. The summed E-state index contributed by atoms with van der Waals surface area (Å²) < 4.78 is 8.08. The molecule has 0 aliphatic rings. The second-order valence-electron chi connectivity index (χ2n) is 3.90. The normalized spacial score (nSPS) is 13.1. The van der Waals surface area contributed by atoms with Crippen LogP contribution in [0.15, 0.2) is 4.47 Å². The van der Waals surface area contributed by atoms with Crippen LogP contribution in [0.25, 0.3) is 0 Å². The number of nitrogens with zero attached hydrogens (tertiary/aromatic N) is 2. The standard InChI is InChI=1S/C11H19BrN2O2/c1-4-5-16-7-9(15)6-10-11(12)8(2)13-14(10)3/h9,15H,4-7H2,1-3H3. The van der Waals surface area contributed by atoms with E-state index in [1.165, 1.54) is 0 Å². The molecule has 0 aliphatic carbocycles. The van der Waals surface area contributed by atoms with Crippen molar-refractivity contribution < 1.29 is 9.84 Å². The third-order valence-electron chi connectivity index (χ3n) is 2.35. The van der Waals surface area contributed by atoms with E-state index in [0.717, 1.165) is 22.3 Å². The molecular formula is C11H19BrN2O2. The zero-order chi connectivity index (χ0) is 12.1. The minimum atomic E-state index is -0.474. The molecule has 0 saturated carbocycles. The fourth-order valence-corrected chi connectivity index (χ4v) is 2.05. The summed E-state index contributed by atoms with van der Waals surface area (Å²) >= 11 is 3.48. The van der Waals surface area contributed by atoms with Crippen molar-refractivity contribution in [3.05, 3.63) is 15.9 Å². The number of hydrogen-bond acceptors (Lipinski definition) is 3. The summed E-state index contributed by atoms with van der Waals surface area (Å²) in [4.78, 5) is 0. The van der Waals surface area contributed by atoms with Crippen molar-refractivity contribution in [2.24, 2.45) is 7.05 Å². The lowest BCUT2D eigenvalue weighted by atomic mass is 10.2. The van der Waals surface area contributed by atoms with Gasteiger partial charge in [0, 0.05) is 20.1 Å². The van der Waals surface area contributed by atoms with Crippen molar-refractivity contribution in [3.8, 4) is 0 Å². The van der Waals surface area contributed by atoms with Crippen LogP contribution in [0, 0.1) is 6.92 Å². The summed E-state index contributed by atoms with van der Waals surface area (Å²) in [5, 5.41) is 14.1. The molecule has 1 aromatic heterocycles. The Morgan fingerprint density at radius 3 is 2.75 bits per heavy atom. The van der Waals surface area contributed by atoms with E-state index in [-0.39, 0.29) is 0 Å². The van der Waals surface area contributed by atoms with Gasteiger partial charge in [-0.1, -0.05) is 6.92 Å². The Balaban J connectivity index is 2.52.